The summed E-state index contributed by atoms with van der Waals surface area (Å²) in [6.45, 7) is 2.48. The molecule has 0 aromatic carbocycles. The smallest absolute Gasteiger partial charge is 0.0209 e. The highest BCUT2D eigenvalue weighted by Gasteiger charge is 2.01. The van der Waals surface area contributed by atoms with Gasteiger partial charge in [0.1, 0.15) is 0 Å². The second kappa shape index (κ2) is 2.61. The summed E-state index contributed by atoms with van der Waals surface area (Å²) < 4.78 is 2.31. The van der Waals surface area contributed by atoms with E-state index in [2.05, 4.69) is 16.8 Å². The summed E-state index contributed by atoms with van der Waals surface area (Å²) in [4.78, 5) is 0. The molecular formula is C4H11N2P. The van der Waals surface area contributed by atoms with Gasteiger partial charge in [-0.2, -0.15) is 0 Å². The van der Waals surface area contributed by atoms with Crippen LogP contribution in [0.4, 0.5) is 0 Å². The molecule has 7 heavy (non-hydrogen) atoms. The molecule has 3 heteroatoms. The maximum Gasteiger partial charge on any atom is 0.0209 e. The zero-order valence-corrected chi connectivity index (χ0v) is 5.57. The Labute approximate surface area is 46.2 Å². The van der Waals surface area contributed by atoms with Crippen LogP contribution in [0.3, 0.4) is 0 Å². The largest absolute Gasteiger partial charge is 0.286 e. The number of hydrogen-bond donors (Lipinski definition) is 1. The van der Waals surface area contributed by atoms with Gasteiger partial charge in [-0.3, -0.25) is 9.76 Å². The molecule has 0 amide bonds. The topological polar surface area (TPSA) is 15.3 Å². The average Bonchev–Trinajstić information content (AvgIpc) is 1.69. The minimum absolute atomic E-state index is 0.859. The van der Waals surface area contributed by atoms with E-state index in [9.17, 15) is 0 Å². The lowest BCUT2D eigenvalue weighted by Gasteiger charge is -2.21. The van der Waals surface area contributed by atoms with Crippen molar-refractivity contribution in [3.05, 3.63) is 0 Å². The van der Waals surface area contributed by atoms with Gasteiger partial charge in [0.15, 0.2) is 0 Å². The first kappa shape index (κ1) is 5.49. The number of hydrogen-bond acceptors (Lipinski definition) is 2. The van der Waals surface area contributed by atoms with Gasteiger partial charge in [-0.05, 0) is 13.5 Å². The van der Waals surface area contributed by atoms with Gasteiger partial charge in [0.2, 0.25) is 0 Å². The molecule has 1 fully saturated rings. The summed E-state index contributed by atoms with van der Waals surface area (Å²) in [7, 11) is 3.00. The van der Waals surface area contributed by atoms with E-state index < -0.39 is 0 Å². The molecule has 1 N–H and O–H groups in total. The van der Waals surface area contributed by atoms with Crippen molar-refractivity contribution in [2.45, 2.75) is 6.42 Å². The number of nitrogens with zero attached hydrogens (tertiary/aromatic N) is 1. The second-order valence-electron chi connectivity index (χ2n) is 1.81. The monoisotopic (exact) mass is 118 g/mol. The molecule has 1 unspecified atom stereocenters. The molecule has 1 rings (SSSR count). The van der Waals surface area contributed by atoms with E-state index in [-0.39, 0.29) is 0 Å². The molecular weight excluding hydrogens is 107 g/mol. The molecule has 0 bridgehead atoms. The van der Waals surface area contributed by atoms with E-state index in [1.807, 2.05) is 0 Å². The lowest BCUT2D eigenvalue weighted by Crippen LogP contribution is -2.24. The van der Waals surface area contributed by atoms with Gasteiger partial charge >= 0.3 is 0 Å². The van der Waals surface area contributed by atoms with Crippen LogP contribution in [0.25, 0.3) is 0 Å². The second-order valence-corrected chi connectivity index (χ2v) is 3.15. The quantitative estimate of drug-likeness (QED) is 0.464. The highest BCUT2D eigenvalue weighted by molar-refractivity contribution is 7.32. The molecule has 1 saturated heterocycles. The summed E-state index contributed by atoms with van der Waals surface area (Å²) in [6, 6.07) is 0. The van der Waals surface area contributed by atoms with Crippen molar-refractivity contribution in [2.24, 2.45) is 0 Å². The van der Waals surface area contributed by atoms with Gasteiger partial charge in [0.05, 0.1) is 0 Å². The molecule has 0 aromatic rings. The van der Waals surface area contributed by atoms with Crippen molar-refractivity contribution in [1.29, 1.82) is 0 Å². The fourth-order valence-corrected chi connectivity index (χ4v) is 1.48. The first-order valence-electron chi connectivity index (χ1n) is 2.59. The Morgan fingerprint density at radius 3 is 2.86 bits per heavy atom. The zero-order chi connectivity index (χ0) is 5.11. The van der Waals surface area contributed by atoms with Crippen LogP contribution >= 0.6 is 8.88 Å². The summed E-state index contributed by atoms with van der Waals surface area (Å²) in [5.74, 6) is 0. The van der Waals surface area contributed by atoms with Crippen molar-refractivity contribution in [1.82, 2.24) is 9.76 Å². The Morgan fingerprint density at radius 1 is 1.71 bits per heavy atom. The van der Waals surface area contributed by atoms with E-state index in [0.29, 0.717) is 0 Å². The molecule has 0 spiro atoms. The van der Waals surface area contributed by atoms with E-state index >= 15 is 0 Å². The third kappa shape index (κ3) is 1.72. The van der Waals surface area contributed by atoms with E-state index in [0.717, 1.165) is 8.88 Å². The number of rotatable bonds is 0. The molecule has 42 valence electrons. The normalized spacial score (nSPS) is 28.7. The van der Waals surface area contributed by atoms with Crippen molar-refractivity contribution >= 4 is 8.88 Å². The van der Waals surface area contributed by atoms with E-state index in [4.69, 9.17) is 0 Å². The van der Waals surface area contributed by atoms with Crippen molar-refractivity contribution < 1.29 is 0 Å². The zero-order valence-electron chi connectivity index (χ0n) is 4.57. The molecule has 0 aliphatic carbocycles. The van der Waals surface area contributed by atoms with Gasteiger partial charge in [-0.25, -0.2) is 0 Å². The Balaban J connectivity index is 2.12. The van der Waals surface area contributed by atoms with Gasteiger partial charge in [-0.15, -0.1) is 0 Å². The lowest BCUT2D eigenvalue weighted by atomic mass is 10.4. The van der Waals surface area contributed by atoms with Gasteiger partial charge < -0.3 is 0 Å². The van der Waals surface area contributed by atoms with Crippen LogP contribution in [0.1, 0.15) is 6.42 Å². The Morgan fingerprint density at radius 2 is 2.57 bits per heavy atom. The van der Waals surface area contributed by atoms with Crippen LogP contribution in [0.2, 0.25) is 0 Å². The maximum atomic E-state index is 3.29. The number of nitrogens with one attached hydrogen (secondary N) is 1. The van der Waals surface area contributed by atoms with Crippen LogP contribution < -0.4 is 5.09 Å². The summed E-state index contributed by atoms with van der Waals surface area (Å²) in [6.07, 6.45) is 1.31. The van der Waals surface area contributed by atoms with Crippen LogP contribution in [-0.2, 0) is 0 Å². The standard InChI is InChI=1S/C4H11N2P/c1-6-4-2-3-5-7-6/h5,7H,2-4H2,1H3. The fourth-order valence-electron chi connectivity index (χ4n) is 0.651. The highest BCUT2D eigenvalue weighted by Crippen LogP contribution is 2.13. The third-order valence-electron chi connectivity index (χ3n) is 1.07. The van der Waals surface area contributed by atoms with Crippen molar-refractivity contribution in [2.75, 3.05) is 20.1 Å². The van der Waals surface area contributed by atoms with Crippen LogP contribution in [0.5, 0.6) is 0 Å². The minimum atomic E-state index is 0.859. The molecule has 0 saturated carbocycles. The Bertz CT molecular complexity index is 51.7. The van der Waals surface area contributed by atoms with Gasteiger partial charge in [0, 0.05) is 22.0 Å². The molecule has 1 atom stereocenters. The highest BCUT2D eigenvalue weighted by atomic mass is 31.1. The first-order valence-corrected chi connectivity index (χ1v) is 3.54. The minimum Gasteiger partial charge on any atom is -0.286 e. The molecule has 0 aromatic heterocycles. The van der Waals surface area contributed by atoms with E-state index in [1.165, 1.54) is 19.5 Å². The van der Waals surface area contributed by atoms with Crippen molar-refractivity contribution in [3.8, 4) is 0 Å². The third-order valence-corrected chi connectivity index (χ3v) is 2.08. The predicted octanol–water partition coefficient (Wildman–Crippen LogP) is 0.420. The Hall–Kier alpha value is 0.350. The van der Waals surface area contributed by atoms with E-state index in [1.54, 1.807) is 0 Å². The van der Waals surface area contributed by atoms with Crippen LogP contribution in [-0.4, -0.2) is 24.8 Å². The lowest BCUT2D eigenvalue weighted by molar-refractivity contribution is 0.499. The molecule has 1 heterocycles. The molecule has 1 aliphatic rings. The van der Waals surface area contributed by atoms with Crippen LogP contribution in [0, 0.1) is 0 Å². The fraction of sp³-hybridized carbons (Fsp3) is 1.00. The Kier molecular flexibility index (Phi) is 2.04. The SMILES string of the molecule is CN1CCCNP1. The molecule has 1 aliphatic heterocycles. The van der Waals surface area contributed by atoms with Gasteiger partial charge in [-0.1, -0.05) is 0 Å². The molecule has 0 radical (unpaired) electrons. The van der Waals surface area contributed by atoms with Gasteiger partial charge in [0.25, 0.3) is 0 Å². The maximum absolute atomic E-state index is 3.29. The molecule has 2 nitrogen and oxygen atoms in total. The first-order chi connectivity index (χ1) is 3.39. The van der Waals surface area contributed by atoms with Crippen molar-refractivity contribution in [3.63, 3.8) is 0 Å². The van der Waals surface area contributed by atoms with Crippen LogP contribution in [0.15, 0.2) is 0 Å². The summed E-state index contributed by atoms with van der Waals surface area (Å²) >= 11 is 0. The predicted molar refractivity (Wildman–Crippen MR) is 33.6 cm³/mol. The average molecular weight is 118 g/mol. The summed E-state index contributed by atoms with van der Waals surface area (Å²) in [5, 5.41) is 3.29. The summed E-state index contributed by atoms with van der Waals surface area (Å²) in [5.41, 5.74) is 0.